The molecule has 0 radical (unpaired) electrons. The fourth-order valence-corrected chi connectivity index (χ4v) is 2.73. The van der Waals surface area contributed by atoms with Gasteiger partial charge in [0.05, 0.1) is 16.9 Å². The second-order valence-corrected chi connectivity index (χ2v) is 7.80. The molecule has 0 aromatic carbocycles. The Morgan fingerprint density at radius 1 is 1.33 bits per heavy atom. The van der Waals surface area contributed by atoms with Crippen molar-refractivity contribution in [1.82, 2.24) is 4.98 Å². The van der Waals surface area contributed by atoms with Crippen molar-refractivity contribution in [2.75, 3.05) is 5.75 Å². The molecule has 5 nitrogen and oxygen atoms in total. The van der Waals surface area contributed by atoms with Gasteiger partial charge >= 0.3 is 7.12 Å². The lowest BCUT2D eigenvalue weighted by molar-refractivity contribution is -0.109. The van der Waals surface area contributed by atoms with E-state index in [9.17, 15) is 4.79 Å². The van der Waals surface area contributed by atoms with Gasteiger partial charge in [-0.15, -0.1) is 0 Å². The number of pyridine rings is 1. The van der Waals surface area contributed by atoms with Crippen molar-refractivity contribution in [3.05, 3.63) is 35.1 Å². The van der Waals surface area contributed by atoms with Crippen LogP contribution in [-0.4, -0.2) is 34.2 Å². The summed E-state index contributed by atoms with van der Waals surface area (Å²) in [5.41, 5.74) is 0.884. The summed E-state index contributed by atoms with van der Waals surface area (Å²) in [5, 5.41) is 9.01. The molecular weight excluding hydrogens is 323 g/mol. The SMILES string of the molecule is CC(=O)SCC(=Cc1cccc(C#N)n1)B1OC(C)(C)C(C)(C)O1. The largest absolute Gasteiger partial charge is 0.491 e. The predicted octanol–water partition coefficient (Wildman–Crippen LogP) is 3.25. The van der Waals surface area contributed by atoms with E-state index in [1.54, 1.807) is 12.1 Å². The van der Waals surface area contributed by atoms with Crippen LogP contribution < -0.4 is 0 Å². The summed E-state index contributed by atoms with van der Waals surface area (Å²) in [6, 6.07) is 7.26. The topological polar surface area (TPSA) is 72.2 Å². The highest BCUT2D eigenvalue weighted by Gasteiger charge is 2.52. The molecule has 0 spiro atoms. The lowest BCUT2D eigenvalue weighted by Crippen LogP contribution is -2.41. The molecular formula is C17H21BN2O3S. The second kappa shape index (κ2) is 7.10. The van der Waals surface area contributed by atoms with Crippen LogP contribution in [0.15, 0.2) is 23.7 Å². The molecule has 1 aliphatic heterocycles. The summed E-state index contributed by atoms with van der Waals surface area (Å²) in [7, 11) is -0.547. The van der Waals surface area contributed by atoms with Gasteiger partial charge in [-0.05, 0) is 51.4 Å². The average Bonchev–Trinajstić information content (AvgIpc) is 2.71. The first-order chi connectivity index (χ1) is 11.1. The second-order valence-electron chi connectivity index (χ2n) is 6.65. The molecule has 0 saturated carbocycles. The van der Waals surface area contributed by atoms with Gasteiger partial charge < -0.3 is 9.31 Å². The smallest absolute Gasteiger partial charge is 0.400 e. The number of hydrogen-bond donors (Lipinski definition) is 0. The molecule has 7 heteroatoms. The van der Waals surface area contributed by atoms with Gasteiger partial charge in [0.2, 0.25) is 0 Å². The average molecular weight is 344 g/mol. The minimum atomic E-state index is -0.547. The van der Waals surface area contributed by atoms with Gasteiger partial charge in [0, 0.05) is 12.7 Å². The van der Waals surface area contributed by atoms with E-state index in [1.165, 1.54) is 18.7 Å². The molecule has 1 fully saturated rings. The van der Waals surface area contributed by atoms with Gasteiger partial charge in [-0.25, -0.2) is 4.98 Å². The maximum absolute atomic E-state index is 11.4. The molecule has 24 heavy (non-hydrogen) atoms. The lowest BCUT2D eigenvalue weighted by Gasteiger charge is -2.32. The molecule has 0 aliphatic carbocycles. The third-order valence-corrected chi connectivity index (χ3v) is 5.10. The van der Waals surface area contributed by atoms with Gasteiger partial charge in [-0.3, -0.25) is 4.79 Å². The van der Waals surface area contributed by atoms with Crippen LogP contribution in [-0.2, 0) is 14.1 Å². The number of thioether (sulfide) groups is 1. The number of nitrogens with zero attached hydrogens (tertiary/aromatic N) is 2. The van der Waals surface area contributed by atoms with Crippen LogP contribution in [0.4, 0.5) is 0 Å². The van der Waals surface area contributed by atoms with Crippen LogP contribution in [0.3, 0.4) is 0 Å². The highest BCUT2D eigenvalue weighted by molar-refractivity contribution is 8.13. The molecule has 1 saturated heterocycles. The molecule has 126 valence electrons. The predicted molar refractivity (Wildman–Crippen MR) is 96.2 cm³/mol. The quantitative estimate of drug-likeness (QED) is 0.781. The van der Waals surface area contributed by atoms with Gasteiger partial charge in [-0.2, -0.15) is 5.26 Å². The normalized spacial score (nSPS) is 19.2. The van der Waals surface area contributed by atoms with Crippen molar-refractivity contribution < 1.29 is 14.1 Å². The van der Waals surface area contributed by atoms with Crippen LogP contribution >= 0.6 is 11.8 Å². The maximum Gasteiger partial charge on any atom is 0.491 e. The molecule has 1 aliphatic rings. The molecule has 0 unspecified atom stereocenters. The van der Waals surface area contributed by atoms with E-state index >= 15 is 0 Å². The Morgan fingerprint density at radius 3 is 2.50 bits per heavy atom. The van der Waals surface area contributed by atoms with E-state index in [2.05, 4.69) is 4.98 Å². The Bertz CT molecular complexity index is 694. The number of aromatic nitrogens is 1. The summed E-state index contributed by atoms with van der Waals surface area (Å²) in [6.45, 7) is 9.46. The number of carbonyl (C=O) groups is 1. The summed E-state index contributed by atoms with van der Waals surface area (Å²) in [6.07, 6.45) is 1.83. The van der Waals surface area contributed by atoms with Crippen molar-refractivity contribution in [3.63, 3.8) is 0 Å². The van der Waals surface area contributed by atoms with Gasteiger partial charge in [0.25, 0.3) is 0 Å². The minimum absolute atomic E-state index is 0.0242. The highest BCUT2D eigenvalue weighted by Crippen LogP contribution is 2.39. The molecule has 1 aromatic rings. The number of nitriles is 1. The lowest BCUT2D eigenvalue weighted by atomic mass is 9.78. The van der Waals surface area contributed by atoms with Crippen LogP contribution in [0.1, 0.15) is 46.0 Å². The monoisotopic (exact) mass is 344 g/mol. The zero-order chi connectivity index (χ0) is 18.0. The fourth-order valence-electron chi connectivity index (χ4n) is 2.14. The van der Waals surface area contributed by atoms with Crippen molar-refractivity contribution in [1.29, 1.82) is 5.26 Å². The van der Waals surface area contributed by atoms with Crippen LogP contribution in [0, 0.1) is 11.3 Å². The van der Waals surface area contributed by atoms with E-state index in [4.69, 9.17) is 14.6 Å². The first kappa shape index (κ1) is 18.7. The molecule has 0 amide bonds. The van der Waals surface area contributed by atoms with Crippen molar-refractivity contribution in [2.24, 2.45) is 0 Å². The standard InChI is InChI=1S/C17H21BN2O3S/c1-12(21)24-11-13(9-14-7-6-8-15(10-19)20-14)18-22-16(2,3)17(4,5)23-18/h6-9H,11H2,1-5H3. The fraction of sp³-hybridized carbons (Fsp3) is 0.471. The Kier molecular flexibility index (Phi) is 5.54. The van der Waals surface area contributed by atoms with E-state index in [-0.39, 0.29) is 5.12 Å². The van der Waals surface area contributed by atoms with Crippen molar-refractivity contribution in [3.8, 4) is 6.07 Å². The zero-order valence-corrected chi connectivity index (χ0v) is 15.4. The molecule has 0 N–H and O–H groups in total. The minimum Gasteiger partial charge on any atom is -0.400 e. The zero-order valence-electron chi connectivity index (χ0n) is 14.6. The number of carbonyl (C=O) groups excluding carboxylic acids is 1. The Hall–Kier alpha value is -1.62. The van der Waals surface area contributed by atoms with Crippen LogP contribution in [0.2, 0.25) is 0 Å². The van der Waals surface area contributed by atoms with Crippen LogP contribution in [0.25, 0.3) is 6.08 Å². The molecule has 2 heterocycles. The maximum atomic E-state index is 11.4. The Balaban J connectivity index is 2.33. The van der Waals surface area contributed by atoms with E-state index < -0.39 is 18.3 Å². The molecule has 1 aromatic heterocycles. The van der Waals surface area contributed by atoms with Crippen molar-refractivity contribution >= 4 is 30.1 Å². The summed E-state index contributed by atoms with van der Waals surface area (Å²) in [4.78, 5) is 15.6. The van der Waals surface area contributed by atoms with E-state index in [0.29, 0.717) is 17.1 Å². The van der Waals surface area contributed by atoms with Gasteiger partial charge in [-0.1, -0.05) is 17.8 Å². The molecule has 2 rings (SSSR count). The van der Waals surface area contributed by atoms with Gasteiger partial charge in [0.15, 0.2) is 5.12 Å². The highest BCUT2D eigenvalue weighted by atomic mass is 32.2. The first-order valence-corrected chi connectivity index (χ1v) is 8.70. The molecule has 0 atom stereocenters. The Labute approximate surface area is 147 Å². The summed E-state index contributed by atoms with van der Waals surface area (Å²) >= 11 is 1.20. The summed E-state index contributed by atoms with van der Waals surface area (Å²) < 4.78 is 12.2. The van der Waals surface area contributed by atoms with Gasteiger partial charge in [0.1, 0.15) is 11.8 Å². The Morgan fingerprint density at radius 2 is 1.96 bits per heavy atom. The first-order valence-electron chi connectivity index (χ1n) is 7.71. The third-order valence-electron chi connectivity index (χ3n) is 4.22. The molecule has 0 bridgehead atoms. The number of rotatable bonds is 4. The summed E-state index contributed by atoms with van der Waals surface area (Å²) in [5.74, 6) is 0.449. The number of hydrogen-bond acceptors (Lipinski definition) is 6. The van der Waals surface area contributed by atoms with Crippen LogP contribution in [0.5, 0.6) is 0 Å². The van der Waals surface area contributed by atoms with Crippen molar-refractivity contribution in [2.45, 2.75) is 45.8 Å². The van der Waals surface area contributed by atoms with E-state index in [0.717, 1.165) is 5.47 Å². The third kappa shape index (κ3) is 4.26. The van der Waals surface area contributed by atoms with E-state index in [1.807, 2.05) is 45.9 Å².